The van der Waals surface area contributed by atoms with Crippen molar-refractivity contribution in [2.24, 2.45) is 0 Å². The third kappa shape index (κ3) is 4.81. The number of carbonyl (C=O) groups excluding carboxylic acids is 2. The third-order valence-corrected chi connectivity index (χ3v) is 6.43. The summed E-state index contributed by atoms with van der Waals surface area (Å²) < 4.78 is 5.45. The van der Waals surface area contributed by atoms with Crippen molar-refractivity contribution in [2.75, 3.05) is 11.4 Å². The minimum Gasteiger partial charge on any atom is -0.456 e. The number of hydrogen-bond acceptors (Lipinski definition) is 4. The van der Waals surface area contributed by atoms with Crippen LogP contribution in [0.25, 0.3) is 0 Å². The van der Waals surface area contributed by atoms with Gasteiger partial charge >= 0.3 is 5.97 Å². The summed E-state index contributed by atoms with van der Waals surface area (Å²) in [6.45, 7) is 8.31. The summed E-state index contributed by atoms with van der Waals surface area (Å²) in [5, 5.41) is 4.45. The minimum atomic E-state index is -1.16. The number of halogens is 2. The van der Waals surface area contributed by atoms with Gasteiger partial charge in [0.2, 0.25) is 0 Å². The molecule has 182 valence electrons. The Morgan fingerprint density at radius 3 is 2.31 bits per heavy atom. The van der Waals surface area contributed by atoms with Gasteiger partial charge in [0.05, 0.1) is 17.8 Å². The second kappa shape index (κ2) is 9.65. The molecule has 1 amide bonds. The van der Waals surface area contributed by atoms with Crippen molar-refractivity contribution in [1.29, 1.82) is 0 Å². The SMILES string of the molecule is CCNC1(c2ccccc2Cl)C(=O)N(Cc2ccc(C(=O)OC(C)(C)C)cc2)c2ccc(Cl)cc21. The third-order valence-electron chi connectivity index (χ3n) is 5.87. The quantitative estimate of drug-likeness (QED) is 0.392. The maximum absolute atomic E-state index is 14.2. The first-order chi connectivity index (χ1) is 16.6. The lowest BCUT2D eigenvalue weighted by atomic mass is 9.83. The number of benzene rings is 3. The number of carbonyl (C=O) groups is 2. The molecule has 1 atom stereocenters. The van der Waals surface area contributed by atoms with Crippen molar-refractivity contribution >= 4 is 40.8 Å². The number of fused-ring (bicyclic) bond motifs is 1. The predicted molar refractivity (Wildman–Crippen MR) is 140 cm³/mol. The van der Waals surface area contributed by atoms with Crippen molar-refractivity contribution in [2.45, 2.75) is 45.4 Å². The molecule has 0 aromatic heterocycles. The molecule has 3 aromatic rings. The van der Waals surface area contributed by atoms with Crippen molar-refractivity contribution in [1.82, 2.24) is 5.32 Å². The number of likely N-dealkylation sites (N-methyl/N-ethyl adjacent to an activating group) is 1. The number of amides is 1. The number of hydrogen-bond donors (Lipinski definition) is 1. The van der Waals surface area contributed by atoms with Crippen LogP contribution >= 0.6 is 23.2 Å². The van der Waals surface area contributed by atoms with Gasteiger partial charge < -0.3 is 9.64 Å². The van der Waals surface area contributed by atoms with Crippen LogP contribution < -0.4 is 10.2 Å². The fourth-order valence-electron chi connectivity index (χ4n) is 4.45. The van der Waals surface area contributed by atoms with Crippen molar-refractivity contribution in [3.05, 3.63) is 99.0 Å². The number of ether oxygens (including phenoxy) is 1. The Hall–Kier alpha value is -2.86. The molecule has 0 bridgehead atoms. The van der Waals surface area contributed by atoms with Gasteiger partial charge in [0.15, 0.2) is 5.54 Å². The maximum Gasteiger partial charge on any atom is 0.338 e. The summed E-state index contributed by atoms with van der Waals surface area (Å²) in [6, 6.07) is 19.9. The average Bonchev–Trinajstić information content (AvgIpc) is 3.01. The van der Waals surface area contributed by atoms with Gasteiger partial charge in [0.25, 0.3) is 5.91 Å². The molecular weight excluding hydrogens is 483 g/mol. The van der Waals surface area contributed by atoms with Gasteiger partial charge in [-0.1, -0.05) is 60.5 Å². The zero-order valence-corrected chi connectivity index (χ0v) is 21.7. The molecule has 7 heteroatoms. The maximum atomic E-state index is 14.2. The van der Waals surface area contributed by atoms with E-state index in [9.17, 15) is 9.59 Å². The van der Waals surface area contributed by atoms with Crippen LogP contribution in [-0.2, 0) is 21.6 Å². The lowest BCUT2D eigenvalue weighted by Gasteiger charge is -2.31. The molecule has 1 aliphatic heterocycles. The summed E-state index contributed by atoms with van der Waals surface area (Å²) in [5.41, 5.74) is 1.80. The molecule has 0 saturated carbocycles. The van der Waals surface area contributed by atoms with Crippen molar-refractivity contribution in [3.63, 3.8) is 0 Å². The number of anilines is 1. The largest absolute Gasteiger partial charge is 0.456 e. The lowest BCUT2D eigenvalue weighted by Crippen LogP contribution is -2.51. The smallest absolute Gasteiger partial charge is 0.338 e. The van der Waals surface area contributed by atoms with Crippen LogP contribution in [0.2, 0.25) is 10.0 Å². The zero-order valence-electron chi connectivity index (χ0n) is 20.2. The van der Waals surface area contributed by atoms with Crippen LogP contribution in [0.4, 0.5) is 5.69 Å². The van der Waals surface area contributed by atoms with Crippen molar-refractivity contribution in [3.8, 4) is 0 Å². The van der Waals surface area contributed by atoms with Gasteiger partial charge in [-0.2, -0.15) is 0 Å². The van der Waals surface area contributed by atoms with E-state index in [1.807, 2.05) is 70.2 Å². The number of nitrogens with zero attached hydrogens (tertiary/aromatic N) is 1. The number of rotatable bonds is 6. The molecule has 0 aliphatic carbocycles. The molecule has 0 saturated heterocycles. The predicted octanol–water partition coefficient (Wildman–Crippen LogP) is 6.35. The molecule has 0 fully saturated rings. The van der Waals surface area contributed by atoms with Crippen LogP contribution in [0.1, 0.15) is 54.7 Å². The van der Waals surface area contributed by atoms with E-state index >= 15 is 0 Å². The summed E-state index contributed by atoms with van der Waals surface area (Å²) in [5.74, 6) is -0.521. The molecule has 1 aliphatic rings. The molecule has 35 heavy (non-hydrogen) atoms. The Morgan fingerprint density at radius 2 is 1.69 bits per heavy atom. The molecule has 1 heterocycles. The first kappa shape index (κ1) is 25.2. The van der Waals surface area contributed by atoms with Gasteiger partial charge in [-0.3, -0.25) is 10.1 Å². The average molecular weight is 511 g/mol. The summed E-state index contributed by atoms with van der Waals surface area (Å²) in [6.07, 6.45) is 0. The van der Waals surface area contributed by atoms with E-state index in [1.165, 1.54) is 0 Å². The van der Waals surface area contributed by atoms with E-state index in [0.29, 0.717) is 34.3 Å². The Morgan fingerprint density at radius 1 is 1.00 bits per heavy atom. The van der Waals surface area contributed by atoms with E-state index in [1.54, 1.807) is 29.2 Å². The Labute approximate surface area is 216 Å². The van der Waals surface area contributed by atoms with Crippen molar-refractivity contribution < 1.29 is 14.3 Å². The summed E-state index contributed by atoms with van der Waals surface area (Å²) in [7, 11) is 0. The van der Waals surface area contributed by atoms with Gasteiger partial charge in [0.1, 0.15) is 5.60 Å². The molecule has 3 aromatic carbocycles. The topological polar surface area (TPSA) is 58.6 Å². The van der Waals surface area contributed by atoms with Gasteiger partial charge in [-0.05, 0) is 69.3 Å². The molecule has 1 unspecified atom stereocenters. The number of nitrogens with one attached hydrogen (secondary N) is 1. The van der Waals surface area contributed by atoms with Gasteiger partial charge in [0, 0.05) is 21.2 Å². The first-order valence-corrected chi connectivity index (χ1v) is 12.3. The molecular formula is C28H28Cl2N2O3. The first-order valence-electron chi connectivity index (χ1n) is 11.5. The number of esters is 1. The van der Waals surface area contributed by atoms with Crippen LogP contribution in [-0.4, -0.2) is 24.0 Å². The molecule has 0 spiro atoms. The second-order valence-corrected chi connectivity index (χ2v) is 10.4. The Bertz CT molecular complexity index is 1270. The standard InChI is InChI=1S/C28H28Cl2N2O3/c1-5-31-28(21-8-6-7-9-23(21)30)22-16-20(29)14-15-24(22)32(26(28)34)17-18-10-12-19(13-11-18)25(33)35-27(2,3)4/h6-16,31H,5,17H2,1-4H3. The van der Waals surface area contributed by atoms with Gasteiger partial charge in [-0.15, -0.1) is 0 Å². The second-order valence-electron chi connectivity index (χ2n) is 9.51. The highest BCUT2D eigenvalue weighted by Crippen LogP contribution is 2.47. The fraction of sp³-hybridized carbons (Fsp3) is 0.286. The van der Waals surface area contributed by atoms with E-state index in [-0.39, 0.29) is 11.9 Å². The molecule has 0 radical (unpaired) electrons. The molecule has 5 nitrogen and oxygen atoms in total. The summed E-state index contributed by atoms with van der Waals surface area (Å²) >= 11 is 13.0. The summed E-state index contributed by atoms with van der Waals surface area (Å²) in [4.78, 5) is 28.3. The Balaban J connectivity index is 1.73. The fourth-order valence-corrected chi connectivity index (χ4v) is 4.90. The van der Waals surface area contributed by atoms with Crippen LogP contribution in [0.5, 0.6) is 0 Å². The normalized spacial score (nSPS) is 17.4. The molecule has 4 rings (SSSR count). The van der Waals surface area contributed by atoms with Crippen LogP contribution in [0.3, 0.4) is 0 Å². The highest BCUT2D eigenvalue weighted by atomic mass is 35.5. The van der Waals surface area contributed by atoms with Crippen LogP contribution in [0, 0.1) is 0 Å². The van der Waals surface area contributed by atoms with E-state index in [4.69, 9.17) is 27.9 Å². The highest BCUT2D eigenvalue weighted by molar-refractivity contribution is 6.32. The zero-order chi connectivity index (χ0) is 25.4. The van der Waals surface area contributed by atoms with E-state index in [0.717, 1.165) is 16.8 Å². The van der Waals surface area contributed by atoms with E-state index < -0.39 is 11.1 Å². The van der Waals surface area contributed by atoms with Crippen LogP contribution in [0.15, 0.2) is 66.7 Å². The van der Waals surface area contributed by atoms with Gasteiger partial charge in [-0.25, -0.2) is 4.79 Å². The molecule has 1 N–H and O–H groups in total. The highest BCUT2D eigenvalue weighted by Gasteiger charge is 2.52. The Kier molecular flexibility index (Phi) is 6.96. The monoisotopic (exact) mass is 510 g/mol. The van der Waals surface area contributed by atoms with E-state index in [2.05, 4.69) is 5.32 Å². The minimum absolute atomic E-state index is 0.138. The lowest BCUT2D eigenvalue weighted by molar-refractivity contribution is -0.123.